The first kappa shape index (κ1) is 18.6. The highest BCUT2D eigenvalue weighted by molar-refractivity contribution is 5.69. The first-order chi connectivity index (χ1) is 12.5. The summed E-state index contributed by atoms with van der Waals surface area (Å²) in [5, 5.41) is 9.00. The molecule has 1 N–H and O–H groups in total. The van der Waals surface area contributed by atoms with Crippen LogP contribution in [0, 0.1) is 0 Å². The number of nitrogens with zero attached hydrogens (tertiary/aromatic N) is 3. The lowest BCUT2D eigenvalue weighted by molar-refractivity contribution is -0.138. The fourth-order valence-electron chi connectivity index (χ4n) is 3.64. The van der Waals surface area contributed by atoms with Crippen LogP contribution in [0.4, 0.5) is 0 Å². The minimum absolute atomic E-state index is 0.0976. The van der Waals surface area contributed by atoms with Gasteiger partial charge in [0.15, 0.2) is 5.76 Å². The molecule has 2 heterocycles. The second-order valence-electron chi connectivity index (χ2n) is 7.03. The lowest BCUT2D eigenvalue weighted by Gasteiger charge is -2.27. The monoisotopic (exact) mass is 357 g/mol. The maximum atomic E-state index is 10.9. The zero-order chi connectivity index (χ0) is 18.5. The molecular weight excluding hydrogens is 330 g/mol. The standard InChI is InChI=1S/C20H27N3O3/c1-15(20-21-13-18(26-20)16-7-4-3-5-8-16)23-11-6-9-17(10-12-23)22(2)14-19(24)25/h3-5,7-8,13,15,17H,6,9-12,14H2,1-2H3,(H,24,25). The number of aromatic nitrogens is 1. The minimum atomic E-state index is -0.768. The van der Waals surface area contributed by atoms with E-state index in [9.17, 15) is 4.79 Å². The summed E-state index contributed by atoms with van der Waals surface area (Å²) in [7, 11) is 1.90. The average molecular weight is 357 g/mol. The van der Waals surface area contributed by atoms with Gasteiger partial charge in [-0.25, -0.2) is 4.98 Å². The molecule has 1 saturated heterocycles. The van der Waals surface area contributed by atoms with Crippen molar-refractivity contribution in [2.45, 2.75) is 38.3 Å². The van der Waals surface area contributed by atoms with E-state index in [-0.39, 0.29) is 12.6 Å². The van der Waals surface area contributed by atoms with Gasteiger partial charge in [-0.2, -0.15) is 0 Å². The number of carbonyl (C=O) groups is 1. The lowest BCUT2D eigenvalue weighted by Crippen LogP contribution is -2.36. The van der Waals surface area contributed by atoms with E-state index < -0.39 is 5.97 Å². The molecule has 0 amide bonds. The molecule has 1 aromatic carbocycles. The fraction of sp³-hybridized carbons (Fsp3) is 0.500. The highest BCUT2D eigenvalue weighted by atomic mass is 16.4. The van der Waals surface area contributed by atoms with Gasteiger partial charge in [-0.3, -0.25) is 14.6 Å². The summed E-state index contributed by atoms with van der Waals surface area (Å²) >= 11 is 0. The minimum Gasteiger partial charge on any atom is -0.480 e. The van der Waals surface area contributed by atoms with Gasteiger partial charge in [-0.15, -0.1) is 0 Å². The SMILES string of the molecule is CC(c1ncc(-c2ccccc2)o1)N1CCCC(N(C)CC(=O)O)CC1. The van der Waals surface area contributed by atoms with Gasteiger partial charge >= 0.3 is 5.97 Å². The Hall–Kier alpha value is -2.18. The zero-order valence-corrected chi connectivity index (χ0v) is 15.5. The topological polar surface area (TPSA) is 69.8 Å². The predicted octanol–water partition coefficient (Wildman–Crippen LogP) is 3.27. The summed E-state index contributed by atoms with van der Waals surface area (Å²) in [5.74, 6) is 0.762. The molecule has 1 aliphatic rings. The summed E-state index contributed by atoms with van der Waals surface area (Å²) in [6.07, 6.45) is 4.82. The number of hydrogen-bond acceptors (Lipinski definition) is 5. The number of benzene rings is 1. The molecule has 140 valence electrons. The Morgan fingerprint density at radius 2 is 2.12 bits per heavy atom. The number of likely N-dealkylation sites (N-methyl/N-ethyl adjacent to an activating group) is 1. The Kier molecular flexibility index (Phi) is 6.06. The Bertz CT molecular complexity index is 716. The van der Waals surface area contributed by atoms with Crippen LogP contribution in [0.1, 0.15) is 38.1 Å². The van der Waals surface area contributed by atoms with E-state index in [1.807, 2.05) is 42.3 Å². The second kappa shape index (κ2) is 8.47. The molecule has 1 aromatic heterocycles. The molecule has 0 bridgehead atoms. The van der Waals surface area contributed by atoms with Gasteiger partial charge < -0.3 is 9.52 Å². The third-order valence-corrected chi connectivity index (χ3v) is 5.23. The van der Waals surface area contributed by atoms with Gasteiger partial charge in [0.05, 0.1) is 18.8 Å². The molecule has 1 fully saturated rings. The number of likely N-dealkylation sites (tertiary alicyclic amines) is 1. The van der Waals surface area contributed by atoms with Crippen molar-refractivity contribution in [3.05, 3.63) is 42.4 Å². The largest absolute Gasteiger partial charge is 0.480 e. The van der Waals surface area contributed by atoms with Crippen LogP contribution in [0.5, 0.6) is 0 Å². The van der Waals surface area contributed by atoms with Gasteiger partial charge in [0.2, 0.25) is 5.89 Å². The Morgan fingerprint density at radius 1 is 1.35 bits per heavy atom. The smallest absolute Gasteiger partial charge is 0.317 e. The molecule has 26 heavy (non-hydrogen) atoms. The first-order valence-corrected chi connectivity index (χ1v) is 9.22. The number of aliphatic carboxylic acids is 1. The van der Waals surface area contributed by atoms with Crippen LogP contribution < -0.4 is 0 Å². The van der Waals surface area contributed by atoms with Crippen LogP contribution in [0.25, 0.3) is 11.3 Å². The fourth-order valence-corrected chi connectivity index (χ4v) is 3.64. The first-order valence-electron chi connectivity index (χ1n) is 9.22. The average Bonchev–Trinajstić information content (AvgIpc) is 2.99. The van der Waals surface area contributed by atoms with Gasteiger partial charge in [0.25, 0.3) is 0 Å². The van der Waals surface area contributed by atoms with E-state index in [4.69, 9.17) is 9.52 Å². The van der Waals surface area contributed by atoms with Gasteiger partial charge in [0.1, 0.15) is 0 Å². The molecule has 6 nitrogen and oxygen atoms in total. The summed E-state index contributed by atoms with van der Waals surface area (Å²) in [4.78, 5) is 19.8. The van der Waals surface area contributed by atoms with Crippen molar-refractivity contribution in [2.75, 3.05) is 26.7 Å². The van der Waals surface area contributed by atoms with Crippen molar-refractivity contribution in [1.82, 2.24) is 14.8 Å². The molecule has 2 aromatic rings. The van der Waals surface area contributed by atoms with E-state index in [2.05, 4.69) is 16.8 Å². The predicted molar refractivity (Wildman–Crippen MR) is 99.8 cm³/mol. The molecule has 2 atom stereocenters. The molecule has 1 aliphatic heterocycles. The summed E-state index contributed by atoms with van der Waals surface area (Å²) in [5.41, 5.74) is 1.03. The molecule has 2 unspecified atom stereocenters. The van der Waals surface area contributed by atoms with Crippen molar-refractivity contribution in [2.24, 2.45) is 0 Å². The maximum Gasteiger partial charge on any atom is 0.317 e. The molecule has 0 spiro atoms. The molecular formula is C20H27N3O3. The Morgan fingerprint density at radius 3 is 2.85 bits per heavy atom. The number of hydrogen-bond donors (Lipinski definition) is 1. The Labute approximate surface area is 154 Å². The molecule has 6 heteroatoms. The van der Waals surface area contributed by atoms with Crippen molar-refractivity contribution < 1.29 is 14.3 Å². The number of oxazole rings is 1. The van der Waals surface area contributed by atoms with Gasteiger partial charge in [0, 0.05) is 18.2 Å². The zero-order valence-electron chi connectivity index (χ0n) is 15.5. The number of carboxylic acids is 1. The number of carboxylic acid groups (broad SMARTS) is 1. The summed E-state index contributed by atoms with van der Waals surface area (Å²) in [6.45, 7) is 4.11. The van der Waals surface area contributed by atoms with Crippen LogP contribution in [0.3, 0.4) is 0 Å². The summed E-state index contributed by atoms with van der Waals surface area (Å²) in [6, 6.07) is 10.4. The van der Waals surface area contributed by atoms with Gasteiger partial charge in [-0.1, -0.05) is 30.3 Å². The normalized spacial score (nSPS) is 20.0. The molecule has 0 radical (unpaired) electrons. The number of rotatable bonds is 6. The van der Waals surface area contributed by atoms with E-state index in [0.29, 0.717) is 6.04 Å². The molecule has 3 rings (SSSR count). The highest BCUT2D eigenvalue weighted by Crippen LogP contribution is 2.28. The van der Waals surface area contributed by atoms with Crippen molar-refractivity contribution in [1.29, 1.82) is 0 Å². The highest BCUT2D eigenvalue weighted by Gasteiger charge is 2.26. The van der Waals surface area contributed by atoms with Crippen molar-refractivity contribution in [3.63, 3.8) is 0 Å². The van der Waals surface area contributed by atoms with Crippen LogP contribution in [0.2, 0.25) is 0 Å². The molecule has 0 aliphatic carbocycles. The van der Waals surface area contributed by atoms with Crippen LogP contribution >= 0.6 is 0 Å². The lowest BCUT2D eigenvalue weighted by atomic mass is 10.1. The van der Waals surface area contributed by atoms with Crippen molar-refractivity contribution in [3.8, 4) is 11.3 Å². The van der Waals surface area contributed by atoms with Gasteiger partial charge in [-0.05, 0) is 39.8 Å². The second-order valence-corrected chi connectivity index (χ2v) is 7.03. The van der Waals surface area contributed by atoms with Crippen LogP contribution in [-0.4, -0.2) is 58.6 Å². The van der Waals surface area contributed by atoms with E-state index in [1.165, 1.54) is 0 Å². The summed E-state index contributed by atoms with van der Waals surface area (Å²) < 4.78 is 6.01. The third kappa shape index (κ3) is 4.51. The maximum absolute atomic E-state index is 10.9. The Balaban J connectivity index is 1.63. The van der Waals surface area contributed by atoms with Crippen molar-refractivity contribution >= 4 is 5.97 Å². The quantitative estimate of drug-likeness (QED) is 0.856. The molecule has 0 saturated carbocycles. The van der Waals surface area contributed by atoms with E-state index in [0.717, 1.165) is 49.6 Å². The van der Waals surface area contributed by atoms with E-state index >= 15 is 0 Å². The third-order valence-electron chi connectivity index (χ3n) is 5.23. The van der Waals surface area contributed by atoms with Crippen LogP contribution in [-0.2, 0) is 4.79 Å². The van der Waals surface area contributed by atoms with E-state index in [1.54, 1.807) is 6.20 Å². The van der Waals surface area contributed by atoms with Crippen LogP contribution in [0.15, 0.2) is 40.9 Å².